The Hall–Kier alpha value is -1.48. The van der Waals surface area contributed by atoms with Crippen molar-refractivity contribution >= 4 is 38.9 Å². The number of nitrogens with zero attached hydrogens (tertiary/aromatic N) is 2. The Balaban J connectivity index is 1.53. The molecular weight excluding hydrogens is 406 g/mol. The van der Waals surface area contributed by atoms with Crippen molar-refractivity contribution in [2.45, 2.75) is 30.5 Å². The molecule has 0 bridgehead atoms. The fourth-order valence-corrected chi connectivity index (χ4v) is 6.35. The number of hydrogen-bond donors (Lipinski definition) is 1. The molecule has 0 aliphatic carbocycles. The largest absolute Gasteiger partial charge is 0.352 e. The zero-order valence-corrected chi connectivity index (χ0v) is 17.4. The van der Waals surface area contributed by atoms with E-state index in [-0.39, 0.29) is 22.0 Å². The first-order valence-corrected chi connectivity index (χ1v) is 11.4. The van der Waals surface area contributed by atoms with Crippen LogP contribution in [0.3, 0.4) is 0 Å². The number of rotatable bonds is 6. The van der Waals surface area contributed by atoms with Crippen LogP contribution in [-0.4, -0.2) is 36.7 Å². The SMILES string of the molecule is CC(C(=O)NCc1cccnc1)C1CCN(S(=O)(=O)c2ccc(Cl)s2)CC1. The molecular formula is C18H22ClN3O3S2. The van der Waals surface area contributed by atoms with Gasteiger partial charge in [0.1, 0.15) is 4.21 Å². The highest BCUT2D eigenvalue weighted by atomic mass is 35.5. The van der Waals surface area contributed by atoms with Crippen molar-refractivity contribution in [2.24, 2.45) is 11.8 Å². The average molecular weight is 428 g/mol. The van der Waals surface area contributed by atoms with E-state index < -0.39 is 10.0 Å². The third-order valence-corrected chi connectivity index (χ3v) is 8.55. The molecule has 6 nitrogen and oxygen atoms in total. The van der Waals surface area contributed by atoms with Gasteiger partial charge in [0.25, 0.3) is 10.0 Å². The molecule has 1 unspecified atom stereocenters. The number of carbonyl (C=O) groups is 1. The predicted octanol–water partition coefficient (Wildman–Crippen LogP) is 3.15. The van der Waals surface area contributed by atoms with Gasteiger partial charge in [-0.2, -0.15) is 4.31 Å². The van der Waals surface area contributed by atoms with Crippen LogP contribution < -0.4 is 5.32 Å². The molecule has 2 aromatic rings. The van der Waals surface area contributed by atoms with E-state index in [4.69, 9.17) is 11.6 Å². The van der Waals surface area contributed by atoms with Crippen molar-refractivity contribution in [3.63, 3.8) is 0 Å². The van der Waals surface area contributed by atoms with E-state index in [1.54, 1.807) is 24.5 Å². The Morgan fingerprint density at radius 1 is 1.37 bits per heavy atom. The van der Waals surface area contributed by atoms with Gasteiger partial charge in [-0.3, -0.25) is 9.78 Å². The molecule has 9 heteroatoms. The van der Waals surface area contributed by atoms with E-state index in [0.29, 0.717) is 36.8 Å². The quantitative estimate of drug-likeness (QED) is 0.767. The monoisotopic (exact) mass is 427 g/mol. The molecule has 1 atom stereocenters. The van der Waals surface area contributed by atoms with Gasteiger partial charge >= 0.3 is 0 Å². The van der Waals surface area contributed by atoms with Crippen LogP contribution in [0.4, 0.5) is 0 Å². The molecule has 146 valence electrons. The summed E-state index contributed by atoms with van der Waals surface area (Å²) < 4.78 is 27.5. The lowest BCUT2D eigenvalue weighted by Gasteiger charge is -2.33. The van der Waals surface area contributed by atoms with E-state index in [1.807, 2.05) is 19.1 Å². The van der Waals surface area contributed by atoms with Gasteiger partial charge in [0, 0.05) is 37.9 Å². The molecule has 0 spiro atoms. The summed E-state index contributed by atoms with van der Waals surface area (Å²) in [7, 11) is -3.50. The van der Waals surface area contributed by atoms with Gasteiger partial charge in [-0.25, -0.2) is 8.42 Å². The maximum atomic E-state index is 12.7. The maximum absolute atomic E-state index is 12.7. The number of aromatic nitrogens is 1. The molecule has 2 aromatic heterocycles. The van der Waals surface area contributed by atoms with Gasteiger partial charge in [0.15, 0.2) is 0 Å². The summed E-state index contributed by atoms with van der Waals surface area (Å²) in [6.07, 6.45) is 4.75. The second-order valence-corrected chi connectivity index (χ2v) is 10.5. The second kappa shape index (κ2) is 8.68. The lowest BCUT2D eigenvalue weighted by atomic mass is 9.85. The minimum atomic E-state index is -3.50. The standard InChI is InChI=1S/C18H22ClN3O3S2/c1-13(18(23)21-12-14-3-2-8-20-11-14)15-6-9-22(10-7-15)27(24,25)17-5-4-16(19)26-17/h2-5,8,11,13,15H,6-7,9-10,12H2,1H3,(H,21,23). The Labute approximate surface area is 168 Å². The van der Waals surface area contributed by atoms with Gasteiger partial charge in [0.05, 0.1) is 4.34 Å². The Kier molecular flexibility index (Phi) is 6.52. The van der Waals surface area contributed by atoms with Gasteiger partial charge < -0.3 is 5.32 Å². The van der Waals surface area contributed by atoms with Crippen LogP contribution in [0.2, 0.25) is 4.34 Å². The summed E-state index contributed by atoms with van der Waals surface area (Å²) in [5.74, 6) is -0.00909. The summed E-state index contributed by atoms with van der Waals surface area (Å²) in [6, 6.07) is 6.89. The van der Waals surface area contributed by atoms with E-state index >= 15 is 0 Å². The van der Waals surface area contributed by atoms with Crippen LogP contribution in [0.15, 0.2) is 40.9 Å². The van der Waals surface area contributed by atoms with Crippen LogP contribution in [0.25, 0.3) is 0 Å². The summed E-state index contributed by atoms with van der Waals surface area (Å²) >= 11 is 6.94. The first-order valence-electron chi connectivity index (χ1n) is 8.80. The number of amides is 1. The zero-order valence-electron chi connectivity index (χ0n) is 15.0. The Bertz CT molecular complexity index is 878. The molecule has 1 saturated heterocycles. The molecule has 3 rings (SSSR count). The van der Waals surface area contributed by atoms with E-state index in [1.165, 1.54) is 4.31 Å². The summed E-state index contributed by atoms with van der Waals surface area (Å²) in [5, 5.41) is 2.94. The van der Waals surface area contributed by atoms with Crippen molar-refractivity contribution in [2.75, 3.05) is 13.1 Å². The number of hydrogen-bond acceptors (Lipinski definition) is 5. The predicted molar refractivity (Wildman–Crippen MR) is 106 cm³/mol. The third-order valence-electron chi connectivity index (χ3n) is 4.95. The highest BCUT2D eigenvalue weighted by Crippen LogP contribution is 2.32. The van der Waals surface area contributed by atoms with Crippen molar-refractivity contribution in [3.05, 3.63) is 46.6 Å². The van der Waals surface area contributed by atoms with Crippen LogP contribution in [-0.2, 0) is 21.4 Å². The minimum absolute atomic E-state index is 0.00908. The normalized spacial score (nSPS) is 17.6. The van der Waals surface area contributed by atoms with E-state index in [9.17, 15) is 13.2 Å². The topological polar surface area (TPSA) is 79.4 Å². The first kappa shape index (κ1) is 20.3. The molecule has 27 heavy (non-hydrogen) atoms. The maximum Gasteiger partial charge on any atom is 0.252 e. The summed E-state index contributed by atoms with van der Waals surface area (Å²) in [5.41, 5.74) is 0.952. The Morgan fingerprint density at radius 2 is 2.11 bits per heavy atom. The van der Waals surface area contributed by atoms with Crippen LogP contribution in [0.1, 0.15) is 25.3 Å². The molecule has 1 aliphatic rings. The summed E-state index contributed by atoms with van der Waals surface area (Å²) in [4.78, 5) is 16.5. The molecule has 0 saturated carbocycles. The molecule has 1 aliphatic heterocycles. The molecule has 0 radical (unpaired) electrons. The van der Waals surface area contributed by atoms with Crippen LogP contribution in [0.5, 0.6) is 0 Å². The fraction of sp³-hybridized carbons (Fsp3) is 0.444. The van der Waals surface area contributed by atoms with E-state index in [2.05, 4.69) is 10.3 Å². The highest BCUT2D eigenvalue weighted by molar-refractivity contribution is 7.91. The van der Waals surface area contributed by atoms with Crippen LogP contribution in [0, 0.1) is 11.8 Å². The number of pyridine rings is 1. The highest BCUT2D eigenvalue weighted by Gasteiger charge is 2.34. The lowest BCUT2D eigenvalue weighted by Crippen LogP contribution is -2.42. The Morgan fingerprint density at radius 3 is 2.70 bits per heavy atom. The van der Waals surface area contributed by atoms with Crippen molar-refractivity contribution in [3.8, 4) is 0 Å². The fourth-order valence-electron chi connectivity index (χ4n) is 3.25. The van der Waals surface area contributed by atoms with Crippen molar-refractivity contribution < 1.29 is 13.2 Å². The van der Waals surface area contributed by atoms with Gasteiger partial charge in [-0.15, -0.1) is 11.3 Å². The smallest absolute Gasteiger partial charge is 0.252 e. The minimum Gasteiger partial charge on any atom is -0.352 e. The molecule has 1 amide bonds. The number of piperidine rings is 1. The molecule has 0 aromatic carbocycles. The van der Waals surface area contributed by atoms with Crippen LogP contribution >= 0.6 is 22.9 Å². The average Bonchev–Trinajstić information content (AvgIpc) is 3.13. The van der Waals surface area contributed by atoms with E-state index in [0.717, 1.165) is 16.9 Å². The lowest BCUT2D eigenvalue weighted by molar-refractivity contribution is -0.126. The zero-order chi connectivity index (χ0) is 19.4. The number of sulfonamides is 1. The second-order valence-electron chi connectivity index (χ2n) is 6.67. The third kappa shape index (κ3) is 4.87. The number of halogens is 1. The number of carbonyl (C=O) groups excluding carboxylic acids is 1. The number of thiophene rings is 1. The number of nitrogens with one attached hydrogen (secondary N) is 1. The molecule has 1 N–H and O–H groups in total. The molecule has 3 heterocycles. The van der Waals surface area contributed by atoms with Gasteiger partial charge in [-0.1, -0.05) is 24.6 Å². The summed E-state index contributed by atoms with van der Waals surface area (Å²) in [6.45, 7) is 3.20. The van der Waals surface area contributed by atoms with Gasteiger partial charge in [0.2, 0.25) is 5.91 Å². The van der Waals surface area contributed by atoms with Crippen molar-refractivity contribution in [1.29, 1.82) is 0 Å². The first-order chi connectivity index (χ1) is 12.9. The molecule has 1 fully saturated rings. The van der Waals surface area contributed by atoms with Crippen molar-refractivity contribution in [1.82, 2.24) is 14.6 Å². The van der Waals surface area contributed by atoms with Gasteiger partial charge in [-0.05, 0) is 42.5 Å².